The van der Waals surface area contributed by atoms with Gasteiger partial charge in [0.1, 0.15) is 0 Å². The molecule has 5 nitrogen and oxygen atoms in total. The van der Waals surface area contributed by atoms with E-state index in [1.807, 2.05) is 6.92 Å². The number of nitrogens with zero attached hydrogens (tertiary/aromatic N) is 1. The Balaban J connectivity index is 2.00. The van der Waals surface area contributed by atoms with Crippen molar-refractivity contribution in [3.8, 4) is 0 Å². The zero-order valence-corrected chi connectivity index (χ0v) is 11.8. The van der Waals surface area contributed by atoms with Gasteiger partial charge in [0.2, 0.25) is 5.91 Å². The van der Waals surface area contributed by atoms with Crippen LogP contribution in [0, 0.1) is 5.92 Å². The van der Waals surface area contributed by atoms with E-state index in [0.29, 0.717) is 0 Å². The monoisotopic (exact) mass is 267 g/mol. The van der Waals surface area contributed by atoms with Crippen LogP contribution in [0.25, 0.3) is 0 Å². The average Bonchev–Trinajstić information content (AvgIpc) is 3.09. The number of hydrogen-bond acceptors (Lipinski definition) is 4. The molecule has 6 heteroatoms. The lowest BCUT2D eigenvalue weighted by atomic mass is 9.85. The summed E-state index contributed by atoms with van der Waals surface area (Å²) in [4.78, 5) is 14.3. The lowest BCUT2D eigenvalue weighted by molar-refractivity contribution is -0.140. The molecule has 2 rings (SSSR count). The second kappa shape index (κ2) is 6.73. The minimum absolute atomic E-state index is 0.0880. The van der Waals surface area contributed by atoms with Crippen LogP contribution in [0.3, 0.4) is 0 Å². The third-order valence-electron chi connectivity index (χ3n) is 4.40. The molecule has 2 heterocycles. The van der Waals surface area contributed by atoms with Gasteiger partial charge in [0, 0.05) is 25.6 Å². The van der Waals surface area contributed by atoms with E-state index in [4.69, 9.17) is 4.74 Å². The summed E-state index contributed by atoms with van der Waals surface area (Å²) in [6, 6.07) is 0.267. The Labute approximate surface area is 116 Å². The zero-order chi connectivity index (χ0) is 13.8. The Morgan fingerprint density at radius 3 is 2.84 bits per heavy atom. The Morgan fingerprint density at radius 2 is 2.26 bits per heavy atom. The van der Waals surface area contributed by atoms with Crippen LogP contribution in [0.4, 0.5) is 0 Å². The number of ether oxygens (including phenoxy) is 1. The Kier molecular flexibility index (Phi) is 5.24. The van der Waals surface area contributed by atoms with Crippen LogP contribution in [-0.2, 0) is 9.53 Å². The first-order valence-electron chi connectivity index (χ1n) is 7.23. The van der Waals surface area contributed by atoms with Crippen molar-refractivity contribution in [3.05, 3.63) is 0 Å². The van der Waals surface area contributed by atoms with Gasteiger partial charge in [0.25, 0.3) is 0 Å². The fourth-order valence-electron chi connectivity index (χ4n) is 3.33. The summed E-state index contributed by atoms with van der Waals surface area (Å²) in [5.41, 5.74) is 0. The van der Waals surface area contributed by atoms with Crippen LogP contribution in [0.2, 0.25) is 0 Å². The smallest absolute Gasteiger partial charge is 0.312 e. The molecule has 0 aromatic heterocycles. The van der Waals surface area contributed by atoms with E-state index in [2.05, 4.69) is 5.32 Å². The highest BCUT2D eigenvalue weighted by Gasteiger charge is 2.38. The van der Waals surface area contributed by atoms with Crippen LogP contribution in [0.1, 0.15) is 32.6 Å². The number of likely N-dealkylation sites (tertiary alicyclic amines) is 1. The molecule has 2 fully saturated rings. The summed E-state index contributed by atoms with van der Waals surface area (Å²) < 4.78 is 5.56. The molecule has 19 heavy (non-hydrogen) atoms. The summed E-state index contributed by atoms with van der Waals surface area (Å²) in [7, 11) is 2.82. The molecule has 0 unspecified atom stereocenters. The first kappa shape index (κ1) is 14.8. The van der Waals surface area contributed by atoms with Crippen LogP contribution in [0.5, 0.6) is 0 Å². The molecule has 0 aromatic carbocycles. The first-order chi connectivity index (χ1) is 9.19. The predicted octanol–water partition coefficient (Wildman–Crippen LogP) is -0.0505. The van der Waals surface area contributed by atoms with Crippen molar-refractivity contribution in [1.29, 1.82) is 0 Å². The highest BCUT2D eigenvalue weighted by Crippen LogP contribution is 2.24. The molecule has 0 aliphatic carbocycles. The molecule has 0 spiro atoms. The van der Waals surface area contributed by atoms with Gasteiger partial charge in [-0.15, -0.1) is 0 Å². The number of methoxy groups -OCH3 is 1. The van der Waals surface area contributed by atoms with Crippen molar-refractivity contribution < 1.29 is 14.6 Å². The Morgan fingerprint density at radius 1 is 1.47 bits per heavy atom. The molecule has 2 aliphatic rings. The lowest BCUT2D eigenvalue weighted by Crippen LogP contribution is -2.49. The van der Waals surface area contributed by atoms with E-state index in [1.54, 1.807) is 12.0 Å². The molecule has 2 aliphatic heterocycles. The molecular formula is C13H24BN2O3. The van der Waals surface area contributed by atoms with Crippen molar-refractivity contribution in [2.75, 3.05) is 20.2 Å². The minimum atomic E-state index is -0.179. The average molecular weight is 267 g/mol. The second-order valence-corrected chi connectivity index (χ2v) is 5.58. The number of amides is 1. The number of carbonyl (C=O) groups is 1. The maximum Gasteiger partial charge on any atom is 0.312 e. The molecule has 0 saturated carbocycles. The normalized spacial score (nSPS) is 30.4. The number of carbonyl (C=O) groups excluding carboxylic acids is 1. The fourth-order valence-corrected chi connectivity index (χ4v) is 3.33. The zero-order valence-electron chi connectivity index (χ0n) is 11.8. The van der Waals surface area contributed by atoms with Crippen molar-refractivity contribution in [2.24, 2.45) is 5.92 Å². The standard InChI is InChI=1S/C13H24BN2O3/c1-9(12(19-2)10-5-3-7-15-10)13(17)16-8-4-6-11(16)14-18/h9-12,15,18H,3-8H2,1-2H3/t9-,10+,11+,12-/m1/s1. The van der Waals surface area contributed by atoms with Crippen molar-refractivity contribution in [3.63, 3.8) is 0 Å². The highest BCUT2D eigenvalue weighted by atomic mass is 16.5. The number of nitrogens with one attached hydrogen (secondary N) is 1. The molecule has 4 atom stereocenters. The summed E-state index contributed by atoms with van der Waals surface area (Å²) in [6.07, 6.45) is 3.93. The van der Waals surface area contributed by atoms with Gasteiger partial charge in [0.05, 0.1) is 12.0 Å². The largest absolute Gasteiger partial charge is 0.452 e. The third kappa shape index (κ3) is 3.12. The minimum Gasteiger partial charge on any atom is -0.452 e. The van der Waals surface area contributed by atoms with Gasteiger partial charge in [-0.2, -0.15) is 0 Å². The topological polar surface area (TPSA) is 61.8 Å². The molecular weight excluding hydrogens is 243 g/mol. The predicted molar refractivity (Wildman–Crippen MR) is 73.7 cm³/mol. The number of hydrogen-bond donors (Lipinski definition) is 2. The van der Waals surface area contributed by atoms with E-state index in [9.17, 15) is 9.82 Å². The van der Waals surface area contributed by atoms with Gasteiger partial charge in [0.15, 0.2) is 0 Å². The van der Waals surface area contributed by atoms with Gasteiger partial charge in [-0.25, -0.2) is 0 Å². The van der Waals surface area contributed by atoms with Crippen LogP contribution >= 0.6 is 0 Å². The van der Waals surface area contributed by atoms with E-state index in [1.165, 1.54) is 0 Å². The van der Waals surface area contributed by atoms with E-state index in [0.717, 1.165) is 46.3 Å². The lowest BCUT2D eigenvalue weighted by Gasteiger charge is -2.32. The third-order valence-corrected chi connectivity index (χ3v) is 4.40. The molecule has 0 bridgehead atoms. The summed E-state index contributed by atoms with van der Waals surface area (Å²) in [5, 5.41) is 12.6. The van der Waals surface area contributed by atoms with Gasteiger partial charge in [-0.1, -0.05) is 6.92 Å². The van der Waals surface area contributed by atoms with Crippen LogP contribution < -0.4 is 5.32 Å². The Hall–Kier alpha value is -0.585. The van der Waals surface area contributed by atoms with E-state index in [-0.39, 0.29) is 29.9 Å². The molecule has 1 radical (unpaired) electrons. The Bertz CT molecular complexity index is 310. The van der Waals surface area contributed by atoms with Gasteiger partial charge in [-0.05, 0) is 32.2 Å². The highest BCUT2D eigenvalue weighted by molar-refractivity contribution is 6.28. The maximum atomic E-state index is 12.6. The van der Waals surface area contributed by atoms with E-state index < -0.39 is 0 Å². The van der Waals surface area contributed by atoms with Gasteiger partial charge < -0.3 is 20.0 Å². The molecule has 0 aromatic rings. The quantitative estimate of drug-likeness (QED) is 0.686. The van der Waals surface area contributed by atoms with Crippen LogP contribution in [0.15, 0.2) is 0 Å². The van der Waals surface area contributed by atoms with Gasteiger partial charge in [-0.3, -0.25) is 4.79 Å². The summed E-state index contributed by atoms with van der Waals surface area (Å²) in [6.45, 7) is 3.67. The van der Waals surface area contributed by atoms with E-state index >= 15 is 0 Å². The summed E-state index contributed by atoms with van der Waals surface area (Å²) in [5.74, 6) is -0.210. The SMILES string of the molecule is CO[C@@H]([C@@H]1CCCN1)[C@@H](C)C(=O)N1CCC[C@H]1[B]O. The maximum absolute atomic E-state index is 12.6. The first-order valence-corrected chi connectivity index (χ1v) is 7.23. The molecule has 2 N–H and O–H groups in total. The molecule has 107 valence electrons. The number of rotatable bonds is 5. The molecule has 2 saturated heterocycles. The summed E-state index contributed by atoms with van der Waals surface area (Å²) >= 11 is 0. The van der Waals surface area contributed by atoms with Gasteiger partial charge >= 0.3 is 7.48 Å². The second-order valence-electron chi connectivity index (χ2n) is 5.58. The molecule has 1 amide bonds. The van der Waals surface area contributed by atoms with Crippen molar-refractivity contribution >= 4 is 13.4 Å². The fraction of sp³-hybridized carbons (Fsp3) is 0.923. The van der Waals surface area contributed by atoms with Crippen LogP contribution in [-0.4, -0.2) is 61.6 Å². The van der Waals surface area contributed by atoms with Crippen molar-refractivity contribution in [2.45, 2.75) is 50.7 Å². The van der Waals surface area contributed by atoms with Crippen molar-refractivity contribution in [1.82, 2.24) is 10.2 Å².